The van der Waals surface area contributed by atoms with Crippen LogP contribution in [0.2, 0.25) is 0 Å². The normalized spacial score (nSPS) is 21.9. The minimum Gasteiger partial charge on any atom is -0.315 e. The van der Waals surface area contributed by atoms with Gasteiger partial charge in [0.15, 0.2) is 0 Å². The SMILES string of the molecule is CN1C(=O)CCC(I)Cc2ccccc21. The summed E-state index contributed by atoms with van der Waals surface area (Å²) in [6.07, 6.45) is 2.71. The quantitative estimate of drug-likeness (QED) is 0.532. The summed E-state index contributed by atoms with van der Waals surface area (Å²) in [5.41, 5.74) is 2.36. The maximum Gasteiger partial charge on any atom is 0.226 e. The van der Waals surface area contributed by atoms with Crippen LogP contribution in [0.3, 0.4) is 0 Å². The number of anilines is 1. The molecule has 1 amide bonds. The van der Waals surface area contributed by atoms with Gasteiger partial charge < -0.3 is 4.90 Å². The lowest BCUT2D eigenvalue weighted by atomic mass is 10.0. The van der Waals surface area contributed by atoms with Gasteiger partial charge in [-0.3, -0.25) is 4.79 Å². The highest BCUT2D eigenvalue weighted by Gasteiger charge is 2.20. The minimum absolute atomic E-state index is 0.226. The molecule has 80 valence electrons. The molecule has 1 unspecified atom stereocenters. The molecule has 1 aliphatic heterocycles. The lowest BCUT2D eigenvalue weighted by molar-refractivity contribution is -0.118. The van der Waals surface area contributed by atoms with Gasteiger partial charge in [-0.25, -0.2) is 0 Å². The van der Waals surface area contributed by atoms with Crippen LogP contribution in [0.15, 0.2) is 24.3 Å². The second-order valence-electron chi connectivity index (χ2n) is 3.92. The number of para-hydroxylation sites is 1. The predicted octanol–water partition coefficient (Wildman–Crippen LogP) is 2.79. The third-order valence-electron chi connectivity index (χ3n) is 2.84. The molecule has 0 spiro atoms. The molecule has 0 aliphatic carbocycles. The van der Waals surface area contributed by atoms with Gasteiger partial charge in [0.2, 0.25) is 5.91 Å². The van der Waals surface area contributed by atoms with Crippen LogP contribution >= 0.6 is 22.6 Å². The first-order valence-corrected chi connectivity index (χ1v) is 6.41. The fraction of sp³-hybridized carbons (Fsp3) is 0.417. The van der Waals surface area contributed by atoms with E-state index in [-0.39, 0.29) is 5.91 Å². The Morgan fingerprint density at radius 3 is 2.93 bits per heavy atom. The summed E-state index contributed by atoms with van der Waals surface area (Å²) < 4.78 is 0.571. The van der Waals surface area contributed by atoms with Crippen molar-refractivity contribution in [1.82, 2.24) is 0 Å². The molecule has 0 bridgehead atoms. The van der Waals surface area contributed by atoms with Crippen LogP contribution in [-0.2, 0) is 11.2 Å². The zero-order valence-electron chi connectivity index (χ0n) is 8.74. The third kappa shape index (κ3) is 2.33. The summed E-state index contributed by atoms with van der Waals surface area (Å²) in [5, 5.41) is 0. The number of benzene rings is 1. The Bertz CT molecular complexity index is 378. The molecule has 2 rings (SSSR count). The van der Waals surface area contributed by atoms with Crippen molar-refractivity contribution in [3.8, 4) is 0 Å². The number of amides is 1. The van der Waals surface area contributed by atoms with E-state index in [0.717, 1.165) is 18.5 Å². The first kappa shape index (κ1) is 10.9. The number of hydrogen-bond acceptors (Lipinski definition) is 1. The Morgan fingerprint density at radius 1 is 1.40 bits per heavy atom. The molecule has 0 fully saturated rings. The summed E-state index contributed by atoms with van der Waals surface area (Å²) in [4.78, 5) is 13.6. The van der Waals surface area contributed by atoms with Crippen molar-refractivity contribution in [3.05, 3.63) is 29.8 Å². The van der Waals surface area contributed by atoms with Gasteiger partial charge in [0.25, 0.3) is 0 Å². The van der Waals surface area contributed by atoms with E-state index >= 15 is 0 Å². The second kappa shape index (κ2) is 4.51. The molecule has 3 heteroatoms. The molecule has 2 nitrogen and oxygen atoms in total. The Labute approximate surface area is 104 Å². The molecule has 0 N–H and O–H groups in total. The lowest BCUT2D eigenvalue weighted by Gasteiger charge is -2.25. The van der Waals surface area contributed by atoms with Gasteiger partial charge in [-0.15, -0.1) is 0 Å². The molecule has 0 saturated carbocycles. The Hall–Kier alpha value is -0.580. The van der Waals surface area contributed by atoms with Crippen LogP contribution < -0.4 is 4.90 Å². The van der Waals surface area contributed by atoms with E-state index in [4.69, 9.17) is 0 Å². The maximum absolute atomic E-state index is 11.8. The van der Waals surface area contributed by atoms with Crippen molar-refractivity contribution in [1.29, 1.82) is 0 Å². The number of carbonyl (C=O) groups is 1. The highest BCUT2D eigenvalue weighted by atomic mass is 127. The smallest absolute Gasteiger partial charge is 0.226 e. The van der Waals surface area contributed by atoms with Crippen molar-refractivity contribution in [2.75, 3.05) is 11.9 Å². The van der Waals surface area contributed by atoms with Crippen LogP contribution in [0.25, 0.3) is 0 Å². The summed E-state index contributed by atoms with van der Waals surface area (Å²) in [6.45, 7) is 0. The van der Waals surface area contributed by atoms with E-state index in [1.165, 1.54) is 5.56 Å². The molecule has 1 aromatic rings. The van der Waals surface area contributed by atoms with Crippen LogP contribution in [-0.4, -0.2) is 16.9 Å². The fourth-order valence-corrected chi connectivity index (χ4v) is 2.72. The Morgan fingerprint density at radius 2 is 2.13 bits per heavy atom. The average molecular weight is 315 g/mol. The first-order chi connectivity index (χ1) is 7.18. The lowest BCUT2D eigenvalue weighted by Crippen LogP contribution is -2.29. The molecule has 1 heterocycles. The molecule has 0 aromatic heterocycles. The molecule has 1 aliphatic rings. The summed E-state index contributed by atoms with van der Waals surface area (Å²) in [6, 6.07) is 8.19. The average Bonchev–Trinajstić information content (AvgIpc) is 2.24. The van der Waals surface area contributed by atoms with Gasteiger partial charge in [0.05, 0.1) is 0 Å². The first-order valence-electron chi connectivity index (χ1n) is 5.17. The van der Waals surface area contributed by atoms with Crippen molar-refractivity contribution in [3.63, 3.8) is 0 Å². The number of alkyl halides is 1. The van der Waals surface area contributed by atoms with Gasteiger partial charge in [0.1, 0.15) is 0 Å². The van der Waals surface area contributed by atoms with E-state index in [9.17, 15) is 4.79 Å². The zero-order valence-corrected chi connectivity index (χ0v) is 10.9. The largest absolute Gasteiger partial charge is 0.315 e. The van der Waals surface area contributed by atoms with Crippen molar-refractivity contribution in [2.24, 2.45) is 0 Å². The van der Waals surface area contributed by atoms with Gasteiger partial charge in [-0.2, -0.15) is 0 Å². The standard InChI is InChI=1S/C12H14INO/c1-14-11-5-3-2-4-9(11)8-10(13)6-7-12(14)15/h2-5,10H,6-8H2,1H3. The monoisotopic (exact) mass is 315 g/mol. The number of fused-ring (bicyclic) bond motifs is 1. The maximum atomic E-state index is 11.8. The predicted molar refractivity (Wildman–Crippen MR) is 70.6 cm³/mol. The molecular formula is C12H14INO. The summed E-state index contributed by atoms with van der Waals surface area (Å²) in [5.74, 6) is 0.226. The van der Waals surface area contributed by atoms with Gasteiger partial charge >= 0.3 is 0 Å². The van der Waals surface area contributed by atoms with Crippen molar-refractivity contribution in [2.45, 2.75) is 23.2 Å². The van der Waals surface area contributed by atoms with Crippen LogP contribution in [0.1, 0.15) is 18.4 Å². The fourth-order valence-electron chi connectivity index (χ4n) is 1.93. The highest BCUT2D eigenvalue weighted by molar-refractivity contribution is 14.1. The van der Waals surface area contributed by atoms with Crippen LogP contribution in [0.4, 0.5) is 5.69 Å². The molecule has 1 aromatic carbocycles. The summed E-state index contributed by atoms with van der Waals surface area (Å²) >= 11 is 2.44. The van der Waals surface area contributed by atoms with E-state index in [1.807, 2.05) is 25.2 Å². The summed E-state index contributed by atoms with van der Waals surface area (Å²) in [7, 11) is 1.87. The van der Waals surface area contributed by atoms with Crippen LogP contribution in [0.5, 0.6) is 0 Å². The third-order valence-corrected chi connectivity index (χ3v) is 3.90. The second-order valence-corrected chi connectivity index (χ2v) is 5.68. The molecule has 0 radical (unpaired) electrons. The van der Waals surface area contributed by atoms with Crippen LogP contribution in [0, 0.1) is 0 Å². The Balaban J connectivity index is 2.41. The number of carbonyl (C=O) groups excluding carboxylic acids is 1. The van der Waals surface area contributed by atoms with Gasteiger partial charge in [-0.1, -0.05) is 40.8 Å². The number of halogens is 1. The molecule has 1 atom stereocenters. The number of nitrogens with zero attached hydrogens (tertiary/aromatic N) is 1. The minimum atomic E-state index is 0.226. The number of hydrogen-bond donors (Lipinski definition) is 0. The molecular weight excluding hydrogens is 301 g/mol. The molecule has 15 heavy (non-hydrogen) atoms. The highest BCUT2D eigenvalue weighted by Crippen LogP contribution is 2.27. The molecule has 0 saturated heterocycles. The topological polar surface area (TPSA) is 20.3 Å². The Kier molecular flexibility index (Phi) is 3.29. The van der Waals surface area contributed by atoms with E-state index in [1.54, 1.807) is 4.90 Å². The van der Waals surface area contributed by atoms with Crippen molar-refractivity contribution >= 4 is 34.2 Å². The van der Waals surface area contributed by atoms with Gasteiger partial charge in [0, 0.05) is 23.1 Å². The van der Waals surface area contributed by atoms with E-state index < -0.39 is 0 Å². The zero-order chi connectivity index (χ0) is 10.8. The van der Waals surface area contributed by atoms with E-state index in [2.05, 4.69) is 28.7 Å². The van der Waals surface area contributed by atoms with E-state index in [0.29, 0.717) is 10.3 Å². The number of rotatable bonds is 0. The van der Waals surface area contributed by atoms with Crippen molar-refractivity contribution < 1.29 is 4.79 Å². The van der Waals surface area contributed by atoms with Gasteiger partial charge in [-0.05, 0) is 24.5 Å².